The van der Waals surface area contributed by atoms with Crippen molar-refractivity contribution in [1.82, 2.24) is 4.31 Å². The zero-order valence-electron chi connectivity index (χ0n) is 15.6. The Balaban J connectivity index is 1.61. The van der Waals surface area contributed by atoms with Crippen molar-refractivity contribution in [2.45, 2.75) is 30.7 Å². The first kappa shape index (κ1) is 18.8. The van der Waals surface area contributed by atoms with Crippen LogP contribution in [0.25, 0.3) is 0 Å². The molecule has 7 nitrogen and oxygen atoms in total. The summed E-state index contributed by atoms with van der Waals surface area (Å²) in [6.45, 7) is 2.89. The van der Waals surface area contributed by atoms with E-state index in [1.54, 1.807) is 16.4 Å². The van der Waals surface area contributed by atoms with Crippen LogP contribution in [0.2, 0.25) is 0 Å². The molecule has 148 valence electrons. The van der Waals surface area contributed by atoms with Gasteiger partial charge in [-0.1, -0.05) is 6.07 Å². The van der Waals surface area contributed by atoms with Gasteiger partial charge < -0.3 is 14.8 Å². The van der Waals surface area contributed by atoms with Gasteiger partial charge in [0.05, 0.1) is 10.9 Å². The van der Waals surface area contributed by atoms with Crippen LogP contribution in [-0.2, 0) is 14.8 Å². The number of ether oxygens (including phenoxy) is 2. The predicted molar refractivity (Wildman–Crippen MR) is 104 cm³/mol. The van der Waals surface area contributed by atoms with Crippen LogP contribution in [0.3, 0.4) is 0 Å². The quantitative estimate of drug-likeness (QED) is 0.850. The number of nitrogens with zero attached hydrogens (tertiary/aromatic N) is 1. The lowest BCUT2D eigenvalue weighted by molar-refractivity contribution is -0.114. The van der Waals surface area contributed by atoms with Crippen molar-refractivity contribution in [3.05, 3.63) is 48.0 Å². The van der Waals surface area contributed by atoms with Crippen molar-refractivity contribution >= 4 is 21.6 Å². The molecular weight excluding hydrogens is 380 g/mol. The molecule has 1 saturated heterocycles. The molecule has 0 bridgehead atoms. The molecule has 1 N–H and O–H groups in total. The van der Waals surface area contributed by atoms with Gasteiger partial charge in [-0.3, -0.25) is 4.79 Å². The molecule has 4 rings (SSSR count). The Labute approximate surface area is 164 Å². The SMILES string of the molecule is CC(=O)Nc1ccc(S(=O)(=O)N2CCC[C@@H]2c2ccc3c(c2)OCCO3)cc1. The molecule has 2 aliphatic heterocycles. The maximum Gasteiger partial charge on any atom is 0.243 e. The fourth-order valence-electron chi connectivity index (χ4n) is 3.68. The normalized spacial score (nSPS) is 19.4. The van der Waals surface area contributed by atoms with Crippen molar-refractivity contribution in [3.63, 3.8) is 0 Å². The van der Waals surface area contributed by atoms with Crippen LogP contribution in [0.15, 0.2) is 47.4 Å². The first-order valence-corrected chi connectivity index (χ1v) is 10.7. The third-order valence-corrected chi connectivity index (χ3v) is 6.86. The van der Waals surface area contributed by atoms with Gasteiger partial charge in [0.2, 0.25) is 15.9 Å². The molecule has 0 aliphatic carbocycles. The number of hydrogen-bond donors (Lipinski definition) is 1. The van der Waals surface area contributed by atoms with Crippen molar-refractivity contribution in [2.24, 2.45) is 0 Å². The van der Waals surface area contributed by atoms with Gasteiger partial charge in [-0.25, -0.2) is 8.42 Å². The number of anilines is 1. The minimum absolute atomic E-state index is 0.200. The molecular formula is C20H22N2O5S. The molecule has 8 heteroatoms. The lowest BCUT2D eigenvalue weighted by Crippen LogP contribution is -2.30. The molecule has 2 aliphatic rings. The Hall–Kier alpha value is -2.58. The van der Waals surface area contributed by atoms with Crippen LogP contribution >= 0.6 is 0 Å². The second-order valence-electron chi connectivity index (χ2n) is 6.88. The van der Waals surface area contributed by atoms with Crippen molar-refractivity contribution < 1.29 is 22.7 Å². The molecule has 0 unspecified atom stereocenters. The summed E-state index contributed by atoms with van der Waals surface area (Å²) in [5.41, 5.74) is 1.47. The fourth-order valence-corrected chi connectivity index (χ4v) is 5.36. The Morgan fingerprint density at radius 3 is 2.50 bits per heavy atom. The predicted octanol–water partition coefficient (Wildman–Crippen LogP) is 2.94. The molecule has 28 heavy (non-hydrogen) atoms. The zero-order valence-corrected chi connectivity index (χ0v) is 16.4. The Bertz CT molecular complexity index is 988. The average Bonchev–Trinajstić information content (AvgIpc) is 3.18. The van der Waals surface area contributed by atoms with Crippen LogP contribution in [0.1, 0.15) is 31.4 Å². The van der Waals surface area contributed by atoms with Crippen LogP contribution in [0.5, 0.6) is 11.5 Å². The molecule has 0 aromatic heterocycles. The number of sulfonamides is 1. The number of hydrogen-bond acceptors (Lipinski definition) is 5. The van der Waals surface area contributed by atoms with Gasteiger partial charge in [-0.2, -0.15) is 4.31 Å². The molecule has 1 amide bonds. The average molecular weight is 402 g/mol. The largest absolute Gasteiger partial charge is 0.486 e. The minimum atomic E-state index is -3.65. The van der Waals surface area contributed by atoms with Gasteiger partial charge >= 0.3 is 0 Å². The molecule has 0 saturated carbocycles. The Morgan fingerprint density at radius 2 is 1.79 bits per heavy atom. The van der Waals surface area contributed by atoms with Gasteiger partial charge in [0, 0.05) is 19.2 Å². The van der Waals surface area contributed by atoms with E-state index < -0.39 is 10.0 Å². The summed E-state index contributed by atoms with van der Waals surface area (Å²) >= 11 is 0. The highest BCUT2D eigenvalue weighted by molar-refractivity contribution is 7.89. The number of carbonyl (C=O) groups excluding carboxylic acids is 1. The first-order chi connectivity index (χ1) is 13.4. The van der Waals surface area contributed by atoms with Crippen LogP contribution < -0.4 is 14.8 Å². The van der Waals surface area contributed by atoms with Gasteiger partial charge in [-0.15, -0.1) is 0 Å². The lowest BCUT2D eigenvalue weighted by Gasteiger charge is -2.26. The van der Waals surface area contributed by atoms with E-state index in [0.29, 0.717) is 36.9 Å². The smallest absolute Gasteiger partial charge is 0.243 e. The van der Waals surface area contributed by atoms with Crippen LogP contribution in [0.4, 0.5) is 5.69 Å². The summed E-state index contributed by atoms with van der Waals surface area (Å²) in [5, 5.41) is 2.64. The number of benzene rings is 2. The van der Waals surface area contributed by atoms with E-state index in [1.165, 1.54) is 19.1 Å². The van der Waals surface area contributed by atoms with Crippen molar-refractivity contribution in [2.75, 3.05) is 25.1 Å². The molecule has 2 aromatic rings. The third-order valence-electron chi connectivity index (χ3n) is 4.94. The summed E-state index contributed by atoms with van der Waals surface area (Å²) < 4.78 is 39.2. The maximum absolute atomic E-state index is 13.2. The van der Waals surface area contributed by atoms with Gasteiger partial charge in [0.1, 0.15) is 13.2 Å². The summed E-state index contributed by atoms with van der Waals surface area (Å²) in [5.74, 6) is 1.15. The first-order valence-electron chi connectivity index (χ1n) is 9.24. The van der Waals surface area contributed by atoms with E-state index in [2.05, 4.69) is 5.32 Å². The standard InChI is InChI=1S/C20H22N2O5S/c1-14(23)21-16-5-7-17(8-6-16)28(24,25)22-10-2-3-18(22)15-4-9-19-20(13-15)27-12-11-26-19/h4-9,13,18H,2-3,10-12H2,1H3,(H,21,23)/t18-/m1/s1. The molecule has 2 aromatic carbocycles. The summed E-state index contributed by atoms with van der Waals surface area (Å²) in [6, 6.07) is 11.6. The number of nitrogens with one attached hydrogen (secondary N) is 1. The summed E-state index contributed by atoms with van der Waals surface area (Å²) in [6.07, 6.45) is 1.55. The lowest BCUT2D eigenvalue weighted by atomic mass is 10.0. The van der Waals surface area contributed by atoms with Crippen LogP contribution in [0, 0.1) is 0 Å². The van der Waals surface area contributed by atoms with E-state index in [0.717, 1.165) is 18.4 Å². The summed E-state index contributed by atoms with van der Waals surface area (Å²) in [7, 11) is -3.65. The van der Waals surface area contributed by atoms with Crippen LogP contribution in [-0.4, -0.2) is 38.4 Å². The highest BCUT2D eigenvalue weighted by atomic mass is 32.2. The fraction of sp³-hybridized carbons (Fsp3) is 0.350. The van der Waals surface area contributed by atoms with Gasteiger partial charge in [0.15, 0.2) is 11.5 Å². The Morgan fingerprint density at radius 1 is 1.07 bits per heavy atom. The van der Waals surface area contributed by atoms with E-state index in [9.17, 15) is 13.2 Å². The molecule has 0 radical (unpaired) electrons. The highest BCUT2D eigenvalue weighted by Gasteiger charge is 2.36. The topological polar surface area (TPSA) is 84.9 Å². The van der Waals surface area contributed by atoms with Crippen molar-refractivity contribution in [3.8, 4) is 11.5 Å². The molecule has 1 fully saturated rings. The molecule has 0 spiro atoms. The van der Waals surface area contributed by atoms with E-state index >= 15 is 0 Å². The second kappa shape index (κ2) is 7.44. The minimum Gasteiger partial charge on any atom is -0.486 e. The zero-order chi connectivity index (χ0) is 19.7. The van der Waals surface area contributed by atoms with E-state index in [1.807, 2.05) is 18.2 Å². The Kier molecular flexibility index (Phi) is 4.99. The monoisotopic (exact) mass is 402 g/mol. The van der Waals surface area contributed by atoms with Crippen molar-refractivity contribution in [1.29, 1.82) is 0 Å². The second-order valence-corrected chi connectivity index (χ2v) is 8.77. The number of fused-ring (bicyclic) bond motifs is 1. The number of carbonyl (C=O) groups is 1. The third kappa shape index (κ3) is 3.57. The van der Waals surface area contributed by atoms with E-state index in [-0.39, 0.29) is 16.8 Å². The molecule has 2 heterocycles. The number of amides is 1. The summed E-state index contributed by atoms with van der Waals surface area (Å²) in [4.78, 5) is 11.4. The molecule has 1 atom stereocenters. The number of rotatable bonds is 4. The van der Waals surface area contributed by atoms with E-state index in [4.69, 9.17) is 9.47 Å². The highest BCUT2D eigenvalue weighted by Crippen LogP contribution is 2.40. The van der Waals surface area contributed by atoms with Gasteiger partial charge in [0.25, 0.3) is 0 Å². The maximum atomic E-state index is 13.2. The van der Waals surface area contributed by atoms with Gasteiger partial charge in [-0.05, 0) is 54.8 Å².